The highest BCUT2D eigenvalue weighted by Crippen LogP contribution is 2.25. The molecule has 1 aliphatic rings. The molecule has 1 fully saturated rings. The molecule has 0 atom stereocenters. The van der Waals surface area contributed by atoms with Crippen LogP contribution < -0.4 is 5.32 Å². The summed E-state index contributed by atoms with van der Waals surface area (Å²) < 4.78 is 7.77. The molecule has 2 aromatic carbocycles. The van der Waals surface area contributed by atoms with E-state index in [-0.39, 0.29) is 11.8 Å². The average molecular weight is 442 g/mol. The molecule has 1 aliphatic heterocycles. The fourth-order valence-corrected chi connectivity index (χ4v) is 4.86. The number of hydrogen-bond donors (Lipinski definition) is 1. The summed E-state index contributed by atoms with van der Waals surface area (Å²) >= 11 is 0. The van der Waals surface area contributed by atoms with Crippen LogP contribution in [0.15, 0.2) is 77.4 Å². The SMILES string of the molecule is Cc1ccccc1Cn1c(CN2CCC(C(=O)NCc3ccco3)CC2)cc2ccccc21. The Balaban J connectivity index is 1.25. The standard InChI is InChI=1S/C28H31N3O2/c1-21-7-2-3-9-24(21)19-31-25(17-23-8-4-5-11-27(23)31)20-30-14-12-22(13-15-30)28(32)29-18-26-10-6-16-33-26/h2-11,16-17,22H,12-15,18-20H2,1H3,(H,29,32). The third-order valence-electron chi connectivity index (χ3n) is 6.85. The van der Waals surface area contributed by atoms with Gasteiger partial charge >= 0.3 is 0 Å². The van der Waals surface area contributed by atoms with E-state index in [9.17, 15) is 4.79 Å². The Morgan fingerprint density at radius 1 is 1.00 bits per heavy atom. The number of amides is 1. The van der Waals surface area contributed by atoms with E-state index in [0.29, 0.717) is 6.54 Å². The van der Waals surface area contributed by atoms with Crippen molar-refractivity contribution in [3.05, 3.63) is 95.6 Å². The van der Waals surface area contributed by atoms with Crippen molar-refractivity contribution in [3.63, 3.8) is 0 Å². The lowest BCUT2D eigenvalue weighted by atomic mass is 9.96. The minimum absolute atomic E-state index is 0.0778. The molecule has 5 nitrogen and oxygen atoms in total. The third-order valence-corrected chi connectivity index (χ3v) is 6.85. The number of carbonyl (C=O) groups is 1. The van der Waals surface area contributed by atoms with Crippen molar-refractivity contribution in [1.29, 1.82) is 0 Å². The first kappa shape index (κ1) is 21.5. The fraction of sp³-hybridized carbons (Fsp3) is 0.321. The van der Waals surface area contributed by atoms with Crippen LogP contribution in [0.2, 0.25) is 0 Å². The van der Waals surface area contributed by atoms with Gasteiger partial charge in [0.25, 0.3) is 0 Å². The van der Waals surface area contributed by atoms with Gasteiger partial charge < -0.3 is 14.3 Å². The van der Waals surface area contributed by atoms with E-state index in [1.165, 1.54) is 27.7 Å². The molecule has 1 N–H and O–H groups in total. The molecule has 0 unspecified atom stereocenters. The van der Waals surface area contributed by atoms with Gasteiger partial charge in [-0.2, -0.15) is 0 Å². The van der Waals surface area contributed by atoms with Crippen LogP contribution in [0.3, 0.4) is 0 Å². The molecule has 2 aromatic heterocycles. The van der Waals surface area contributed by atoms with Gasteiger partial charge in [-0.1, -0.05) is 42.5 Å². The number of rotatable bonds is 7. The van der Waals surface area contributed by atoms with Gasteiger partial charge in [0, 0.05) is 30.2 Å². The number of aromatic nitrogens is 1. The lowest BCUT2D eigenvalue weighted by Gasteiger charge is -2.31. The maximum absolute atomic E-state index is 12.6. The summed E-state index contributed by atoms with van der Waals surface area (Å²) in [6, 6.07) is 23.3. The Morgan fingerprint density at radius 2 is 1.79 bits per heavy atom. The third kappa shape index (κ3) is 4.88. The lowest BCUT2D eigenvalue weighted by molar-refractivity contribution is -0.126. The first-order chi connectivity index (χ1) is 16.2. The Morgan fingerprint density at radius 3 is 2.58 bits per heavy atom. The predicted molar refractivity (Wildman–Crippen MR) is 131 cm³/mol. The van der Waals surface area contributed by atoms with Gasteiger partial charge in [0.1, 0.15) is 5.76 Å². The Labute approximate surface area is 195 Å². The van der Waals surface area contributed by atoms with Crippen LogP contribution in [0.25, 0.3) is 10.9 Å². The van der Waals surface area contributed by atoms with Crippen LogP contribution in [0.4, 0.5) is 0 Å². The van der Waals surface area contributed by atoms with Crippen molar-refractivity contribution >= 4 is 16.8 Å². The number of para-hydroxylation sites is 1. The average Bonchev–Trinajstić information content (AvgIpc) is 3.48. The molecule has 0 bridgehead atoms. The van der Waals surface area contributed by atoms with E-state index in [2.05, 4.69) is 76.3 Å². The molecule has 0 saturated carbocycles. The Kier molecular flexibility index (Phi) is 6.31. The highest BCUT2D eigenvalue weighted by molar-refractivity contribution is 5.81. The highest BCUT2D eigenvalue weighted by Gasteiger charge is 2.25. The van der Waals surface area contributed by atoms with Crippen LogP contribution in [0.1, 0.15) is 35.4 Å². The number of furan rings is 1. The van der Waals surface area contributed by atoms with E-state index < -0.39 is 0 Å². The van der Waals surface area contributed by atoms with Crippen LogP contribution in [-0.2, 0) is 24.4 Å². The van der Waals surface area contributed by atoms with Gasteiger partial charge in [0.05, 0.1) is 12.8 Å². The number of benzene rings is 2. The summed E-state index contributed by atoms with van der Waals surface area (Å²) in [4.78, 5) is 15.1. The van der Waals surface area contributed by atoms with Gasteiger partial charge in [-0.15, -0.1) is 0 Å². The summed E-state index contributed by atoms with van der Waals surface area (Å²) in [7, 11) is 0. The summed E-state index contributed by atoms with van der Waals surface area (Å²) in [6.07, 6.45) is 3.42. The zero-order chi connectivity index (χ0) is 22.6. The van der Waals surface area contributed by atoms with Crippen LogP contribution in [0.5, 0.6) is 0 Å². The molecule has 0 spiro atoms. The van der Waals surface area contributed by atoms with Gasteiger partial charge in [0.2, 0.25) is 5.91 Å². The lowest BCUT2D eigenvalue weighted by Crippen LogP contribution is -2.40. The molecular formula is C28H31N3O2. The normalized spacial score (nSPS) is 15.2. The number of aryl methyl sites for hydroxylation is 1. The molecule has 5 heteroatoms. The zero-order valence-corrected chi connectivity index (χ0v) is 19.2. The quantitative estimate of drug-likeness (QED) is 0.433. The molecular weight excluding hydrogens is 410 g/mol. The molecule has 5 rings (SSSR count). The number of likely N-dealkylation sites (tertiary alicyclic amines) is 1. The van der Waals surface area contributed by atoms with Crippen LogP contribution >= 0.6 is 0 Å². The maximum Gasteiger partial charge on any atom is 0.223 e. The number of fused-ring (bicyclic) bond motifs is 1. The predicted octanol–water partition coefficient (Wildman–Crippen LogP) is 5.12. The van der Waals surface area contributed by atoms with E-state index in [4.69, 9.17) is 4.42 Å². The van der Waals surface area contributed by atoms with Gasteiger partial charge in [-0.3, -0.25) is 9.69 Å². The zero-order valence-electron chi connectivity index (χ0n) is 19.2. The second kappa shape index (κ2) is 9.67. The first-order valence-corrected chi connectivity index (χ1v) is 11.8. The monoisotopic (exact) mass is 441 g/mol. The van der Waals surface area contributed by atoms with E-state index >= 15 is 0 Å². The fourth-order valence-electron chi connectivity index (χ4n) is 4.86. The number of carbonyl (C=O) groups excluding carboxylic acids is 1. The van der Waals surface area contributed by atoms with Crippen molar-refractivity contribution in [2.75, 3.05) is 13.1 Å². The van der Waals surface area contributed by atoms with Crippen LogP contribution in [0, 0.1) is 12.8 Å². The summed E-state index contributed by atoms with van der Waals surface area (Å²) in [6.45, 7) is 6.30. The summed E-state index contributed by atoms with van der Waals surface area (Å²) in [5, 5.41) is 4.31. The maximum atomic E-state index is 12.6. The molecule has 0 aliphatic carbocycles. The van der Waals surface area contributed by atoms with Gasteiger partial charge in [0.15, 0.2) is 0 Å². The smallest absolute Gasteiger partial charge is 0.223 e. The summed E-state index contributed by atoms with van der Waals surface area (Å²) in [5.74, 6) is 1.01. The van der Waals surface area contributed by atoms with E-state index in [0.717, 1.165) is 44.8 Å². The minimum atomic E-state index is 0.0778. The first-order valence-electron chi connectivity index (χ1n) is 11.8. The second-order valence-corrected chi connectivity index (χ2v) is 9.05. The van der Waals surface area contributed by atoms with Gasteiger partial charge in [-0.05, 0) is 73.6 Å². The number of piperidine rings is 1. The van der Waals surface area contributed by atoms with Crippen molar-refractivity contribution in [2.45, 2.75) is 39.4 Å². The second-order valence-electron chi connectivity index (χ2n) is 9.05. The van der Waals surface area contributed by atoms with Crippen molar-refractivity contribution < 1.29 is 9.21 Å². The number of nitrogens with zero attached hydrogens (tertiary/aromatic N) is 2. The Bertz CT molecular complexity index is 1220. The van der Waals surface area contributed by atoms with E-state index in [1.54, 1.807) is 6.26 Å². The van der Waals surface area contributed by atoms with Crippen molar-refractivity contribution in [3.8, 4) is 0 Å². The van der Waals surface area contributed by atoms with Crippen molar-refractivity contribution in [2.24, 2.45) is 5.92 Å². The molecule has 3 heterocycles. The molecule has 170 valence electrons. The highest BCUT2D eigenvalue weighted by atomic mass is 16.3. The molecule has 0 radical (unpaired) electrons. The Hall–Kier alpha value is -3.31. The molecule has 1 amide bonds. The van der Waals surface area contributed by atoms with E-state index in [1.807, 2.05) is 12.1 Å². The minimum Gasteiger partial charge on any atom is -0.467 e. The number of hydrogen-bond acceptors (Lipinski definition) is 3. The number of nitrogens with one attached hydrogen (secondary N) is 1. The molecule has 33 heavy (non-hydrogen) atoms. The largest absolute Gasteiger partial charge is 0.467 e. The van der Waals surface area contributed by atoms with Crippen LogP contribution in [-0.4, -0.2) is 28.5 Å². The van der Waals surface area contributed by atoms with Crippen molar-refractivity contribution in [1.82, 2.24) is 14.8 Å². The topological polar surface area (TPSA) is 50.4 Å². The molecule has 1 saturated heterocycles. The summed E-state index contributed by atoms with van der Waals surface area (Å²) in [5.41, 5.74) is 5.29. The van der Waals surface area contributed by atoms with Gasteiger partial charge in [-0.25, -0.2) is 0 Å². The molecule has 4 aromatic rings.